The first-order valence-electron chi connectivity index (χ1n) is 12.4. The average Bonchev–Trinajstić information content (AvgIpc) is 3.49. The summed E-state index contributed by atoms with van der Waals surface area (Å²) in [6, 6.07) is 25.8. The molecule has 38 heavy (non-hydrogen) atoms. The Labute approximate surface area is 223 Å². The monoisotopic (exact) mass is 528 g/mol. The molecular formula is C29H25ClN4O4. The van der Waals surface area contributed by atoms with Gasteiger partial charge in [0.05, 0.1) is 23.4 Å². The van der Waals surface area contributed by atoms with Crippen LogP contribution in [0.3, 0.4) is 0 Å². The summed E-state index contributed by atoms with van der Waals surface area (Å²) in [6.07, 6.45) is -1.56. The van der Waals surface area contributed by atoms with Gasteiger partial charge in [-0.05, 0) is 29.3 Å². The fourth-order valence-electron chi connectivity index (χ4n) is 5.16. The van der Waals surface area contributed by atoms with E-state index in [1.807, 2.05) is 36.4 Å². The molecule has 3 aromatic carbocycles. The Morgan fingerprint density at radius 3 is 2.63 bits per heavy atom. The maximum Gasteiger partial charge on any atom is 0.338 e. The number of benzene rings is 3. The van der Waals surface area contributed by atoms with Gasteiger partial charge >= 0.3 is 5.97 Å². The van der Waals surface area contributed by atoms with Crippen molar-refractivity contribution in [2.24, 2.45) is 5.92 Å². The number of ether oxygens (including phenoxy) is 1. The van der Waals surface area contributed by atoms with Gasteiger partial charge in [-0.15, -0.1) is 0 Å². The molecule has 0 spiro atoms. The van der Waals surface area contributed by atoms with E-state index in [9.17, 15) is 15.0 Å². The molecule has 8 nitrogen and oxygen atoms in total. The minimum Gasteiger partial charge on any atom is -0.454 e. The molecule has 0 saturated heterocycles. The third kappa shape index (κ3) is 4.47. The number of carbonyl (C=O) groups excluding carboxylic acids is 1. The molecule has 0 unspecified atom stereocenters. The number of hydrogen-bond acceptors (Lipinski definition) is 7. The van der Waals surface area contributed by atoms with Crippen molar-refractivity contribution < 1.29 is 19.7 Å². The van der Waals surface area contributed by atoms with E-state index in [4.69, 9.17) is 21.4 Å². The molecule has 6 rings (SSSR count). The Balaban J connectivity index is 1.35. The van der Waals surface area contributed by atoms with E-state index in [1.54, 1.807) is 34.8 Å². The van der Waals surface area contributed by atoms with Crippen molar-refractivity contribution >= 4 is 39.8 Å². The molecule has 1 saturated carbocycles. The number of nitrogens with one attached hydrogen (secondary N) is 1. The largest absolute Gasteiger partial charge is 0.454 e. The molecule has 9 heteroatoms. The molecular weight excluding hydrogens is 504 g/mol. The Bertz CT molecular complexity index is 1620. The van der Waals surface area contributed by atoms with Crippen LogP contribution in [-0.2, 0) is 4.74 Å². The van der Waals surface area contributed by atoms with Gasteiger partial charge in [-0.2, -0.15) is 9.61 Å². The van der Waals surface area contributed by atoms with E-state index in [1.165, 1.54) is 0 Å². The highest BCUT2D eigenvalue weighted by Crippen LogP contribution is 2.34. The second-order valence-corrected chi connectivity index (χ2v) is 9.83. The predicted molar refractivity (Wildman–Crippen MR) is 145 cm³/mol. The molecule has 0 bridgehead atoms. The van der Waals surface area contributed by atoms with E-state index in [0.29, 0.717) is 23.4 Å². The molecule has 0 aliphatic heterocycles. The molecule has 3 N–H and O–H groups in total. The number of carbonyl (C=O) groups is 1. The molecule has 5 aromatic rings. The summed E-state index contributed by atoms with van der Waals surface area (Å²) in [7, 11) is 0. The molecule has 192 valence electrons. The summed E-state index contributed by atoms with van der Waals surface area (Å²) in [6.45, 7) is -0.238. The van der Waals surface area contributed by atoms with E-state index in [-0.39, 0.29) is 11.8 Å². The van der Waals surface area contributed by atoms with Gasteiger partial charge in [-0.1, -0.05) is 72.3 Å². The van der Waals surface area contributed by atoms with Crippen molar-refractivity contribution in [3.63, 3.8) is 0 Å². The van der Waals surface area contributed by atoms with Crippen molar-refractivity contribution in [2.75, 3.05) is 11.9 Å². The van der Waals surface area contributed by atoms with Crippen LogP contribution in [0.25, 0.3) is 27.7 Å². The van der Waals surface area contributed by atoms with Crippen LogP contribution in [0.5, 0.6) is 0 Å². The summed E-state index contributed by atoms with van der Waals surface area (Å²) in [5.74, 6) is -0.476. The van der Waals surface area contributed by atoms with Crippen molar-refractivity contribution in [1.29, 1.82) is 0 Å². The van der Waals surface area contributed by atoms with Crippen LogP contribution in [0.4, 0.5) is 5.82 Å². The highest BCUT2D eigenvalue weighted by Gasteiger charge is 2.45. The summed E-state index contributed by atoms with van der Waals surface area (Å²) in [5.41, 5.74) is 2.61. The van der Waals surface area contributed by atoms with Gasteiger partial charge in [-0.3, -0.25) is 0 Å². The van der Waals surface area contributed by atoms with Crippen molar-refractivity contribution in [2.45, 2.75) is 24.7 Å². The number of fused-ring (bicyclic) bond motifs is 2. The Morgan fingerprint density at radius 1 is 1.05 bits per heavy atom. The lowest BCUT2D eigenvalue weighted by atomic mass is 10.0. The SMILES string of the molecule is O=C(O[C@@H]1[C@H](O)[C@@H](CO)C[C@H]1Nc1cc(Cl)nc2cc(-c3cccc4ccccc34)nn12)c1ccccc1. The van der Waals surface area contributed by atoms with E-state index in [2.05, 4.69) is 28.5 Å². The average molecular weight is 529 g/mol. The van der Waals surface area contributed by atoms with E-state index >= 15 is 0 Å². The first-order valence-corrected chi connectivity index (χ1v) is 12.8. The molecule has 2 aromatic heterocycles. The van der Waals surface area contributed by atoms with Gasteiger partial charge < -0.3 is 20.3 Å². The highest BCUT2D eigenvalue weighted by atomic mass is 35.5. The van der Waals surface area contributed by atoms with Crippen molar-refractivity contribution in [1.82, 2.24) is 14.6 Å². The second-order valence-electron chi connectivity index (χ2n) is 9.45. The molecule has 1 aliphatic carbocycles. The maximum atomic E-state index is 12.8. The number of nitrogens with zero attached hydrogens (tertiary/aromatic N) is 3. The topological polar surface area (TPSA) is 109 Å². The lowest BCUT2D eigenvalue weighted by molar-refractivity contribution is -0.0240. The second kappa shape index (κ2) is 10.1. The van der Waals surface area contributed by atoms with Crippen LogP contribution in [0.1, 0.15) is 16.8 Å². The number of rotatable bonds is 6. The van der Waals surface area contributed by atoms with Crippen molar-refractivity contribution in [3.05, 3.63) is 95.6 Å². The number of aliphatic hydroxyl groups is 2. The summed E-state index contributed by atoms with van der Waals surface area (Å²) < 4.78 is 7.40. The Kier molecular flexibility index (Phi) is 6.45. The molecule has 0 radical (unpaired) electrons. The lowest BCUT2D eigenvalue weighted by Gasteiger charge is -2.24. The highest BCUT2D eigenvalue weighted by molar-refractivity contribution is 6.29. The van der Waals surface area contributed by atoms with Gasteiger partial charge in [0, 0.05) is 30.2 Å². The number of aliphatic hydroxyl groups excluding tert-OH is 2. The normalized spacial score (nSPS) is 21.1. The predicted octanol–water partition coefficient (Wildman–Crippen LogP) is 4.58. The number of aromatic nitrogens is 3. The van der Waals surface area contributed by atoms with Crippen LogP contribution in [0.2, 0.25) is 5.15 Å². The van der Waals surface area contributed by atoms with Crippen LogP contribution < -0.4 is 5.32 Å². The summed E-state index contributed by atoms with van der Waals surface area (Å²) in [4.78, 5) is 17.2. The third-order valence-corrected chi connectivity index (χ3v) is 7.25. The zero-order valence-corrected chi connectivity index (χ0v) is 21.0. The number of hydrogen-bond donors (Lipinski definition) is 3. The zero-order chi connectivity index (χ0) is 26.2. The molecule has 1 aliphatic rings. The fraction of sp³-hybridized carbons (Fsp3) is 0.207. The first-order chi connectivity index (χ1) is 18.5. The van der Waals surface area contributed by atoms with Gasteiger partial charge in [0.1, 0.15) is 17.1 Å². The summed E-state index contributed by atoms with van der Waals surface area (Å²) >= 11 is 6.38. The van der Waals surface area contributed by atoms with Gasteiger partial charge in [-0.25, -0.2) is 9.78 Å². The van der Waals surface area contributed by atoms with E-state index < -0.39 is 30.1 Å². The Morgan fingerprint density at radius 2 is 1.82 bits per heavy atom. The van der Waals surface area contributed by atoms with Crippen LogP contribution in [0, 0.1) is 5.92 Å². The first kappa shape index (κ1) is 24.4. The Hall–Kier alpha value is -3.98. The molecule has 0 amide bonds. The van der Waals surface area contributed by atoms with E-state index in [0.717, 1.165) is 22.0 Å². The molecule has 4 atom stereocenters. The maximum absolute atomic E-state index is 12.8. The lowest BCUT2D eigenvalue weighted by Crippen LogP contribution is -2.40. The molecule has 2 heterocycles. The van der Waals surface area contributed by atoms with Crippen LogP contribution in [0.15, 0.2) is 84.9 Å². The number of halogens is 1. The van der Waals surface area contributed by atoms with Crippen LogP contribution in [-0.4, -0.2) is 55.6 Å². The fourth-order valence-corrected chi connectivity index (χ4v) is 5.35. The smallest absolute Gasteiger partial charge is 0.338 e. The third-order valence-electron chi connectivity index (χ3n) is 7.05. The molecule has 1 fully saturated rings. The van der Waals surface area contributed by atoms with Crippen LogP contribution >= 0.6 is 11.6 Å². The minimum atomic E-state index is -1.04. The number of anilines is 1. The van der Waals surface area contributed by atoms with Gasteiger partial charge in [0.25, 0.3) is 0 Å². The van der Waals surface area contributed by atoms with Gasteiger partial charge in [0.2, 0.25) is 0 Å². The van der Waals surface area contributed by atoms with Gasteiger partial charge in [0.15, 0.2) is 5.65 Å². The summed E-state index contributed by atoms with van der Waals surface area (Å²) in [5, 5.41) is 31.3. The quantitative estimate of drug-likeness (QED) is 0.218. The van der Waals surface area contributed by atoms with Crippen molar-refractivity contribution in [3.8, 4) is 11.3 Å². The standard InChI is InChI=1S/C29H25ClN4O4/c30-24-15-26(31-23-13-19(16-35)27(36)28(23)38-29(37)18-8-2-1-3-9-18)34-25(32-24)14-22(33-34)21-12-6-10-17-7-4-5-11-20(17)21/h1-12,14-15,19,23,27-28,31,35-36H,13,16H2/t19-,23-,27-,28+/m1/s1. The zero-order valence-electron chi connectivity index (χ0n) is 20.2. The number of esters is 1. The minimum absolute atomic E-state index is 0.238.